The fourth-order valence-corrected chi connectivity index (χ4v) is 7.59. The second-order valence-corrected chi connectivity index (χ2v) is 13.2. The smallest absolute Gasteiger partial charge is 0.493 e. The molecule has 15 heteroatoms. The van der Waals surface area contributed by atoms with Gasteiger partial charge in [-0.1, -0.05) is 46.9 Å². The molecule has 1 aliphatic rings. The second kappa shape index (κ2) is 12.9. The molecule has 0 radical (unpaired) electrons. The number of benzene rings is 3. The first-order valence-electron chi connectivity index (χ1n) is 15.3. The summed E-state index contributed by atoms with van der Waals surface area (Å²) >= 11 is 2.78. The van der Waals surface area contributed by atoms with Crippen LogP contribution in [0, 0.1) is 0 Å². The van der Waals surface area contributed by atoms with Crippen molar-refractivity contribution < 1.29 is 24.2 Å². The number of anilines is 2. The first-order valence-corrected chi connectivity index (χ1v) is 16.9. The maximum Gasteiger partial charge on any atom is 0.512 e. The molecule has 0 fully saturated rings. The molecular formula is C34H26N8O5S2. The molecule has 49 heavy (non-hydrogen) atoms. The molecular weight excluding hydrogens is 665 g/mol. The monoisotopic (exact) mass is 690 g/mol. The summed E-state index contributed by atoms with van der Waals surface area (Å²) in [6, 6.07) is 20.9. The molecule has 0 atom stereocenters. The fourth-order valence-electron chi connectivity index (χ4n) is 5.74. The van der Waals surface area contributed by atoms with Crippen LogP contribution in [-0.4, -0.2) is 60.0 Å². The minimum atomic E-state index is -1.44. The summed E-state index contributed by atoms with van der Waals surface area (Å²) in [5.74, 6) is 0.445. The number of amides is 1. The zero-order chi connectivity index (χ0) is 33.3. The zero-order valence-corrected chi connectivity index (χ0v) is 27.3. The minimum absolute atomic E-state index is 0.0339. The van der Waals surface area contributed by atoms with Crippen LogP contribution in [-0.2, 0) is 19.4 Å². The summed E-state index contributed by atoms with van der Waals surface area (Å²) in [6.45, 7) is 1.35. The van der Waals surface area contributed by atoms with E-state index in [9.17, 15) is 14.7 Å². The quantitative estimate of drug-likeness (QED) is 0.162. The lowest BCUT2D eigenvalue weighted by atomic mass is 9.94. The van der Waals surface area contributed by atoms with Crippen molar-refractivity contribution in [3.05, 3.63) is 107 Å². The van der Waals surface area contributed by atoms with E-state index in [0.717, 1.165) is 32.4 Å². The van der Waals surface area contributed by atoms with E-state index in [1.807, 2.05) is 71.6 Å². The maximum absolute atomic E-state index is 13.5. The van der Waals surface area contributed by atoms with E-state index in [4.69, 9.17) is 9.47 Å². The van der Waals surface area contributed by atoms with Crippen molar-refractivity contribution in [3.8, 4) is 17.3 Å². The molecule has 0 unspecified atom stereocenters. The third-order valence-corrected chi connectivity index (χ3v) is 10.2. The number of rotatable bonds is 9. The third-order valence-electron chi connectivity index (χ3n) is 8.05. The van der Waals surface area contributed by atoms with Gasteiger partial charge < -0.3 is 19.5 Å². The van der Waals surface area contributed by atoms with Crippen LogP contribution in [0.3, 0.4) is 0 Å². The summed E-state index contributed by atoms with van der Waals surface area (Å²) < 4.78 is 13.8. The summed E-state index contributed by atoms with van der Waals surface area (Å²) in [7, 11) is 0. The number of nitrogens with zero attached hydrogens (tertiary/aromatic N) is 7. The van der Waals surface area contributed by atoms with Crippen molar-refractivity contribution in [2.45, 2.75) is 19.4 Å². The number of hydrogen-bond donors (Lipinski definition) is 2. The van der Waals surface area contributed by atoms with Gasteiger partial charge in [0.25, 0.3) is 5.91 Å². The normalized spacial score (nSPS) is 12.6. The average molecular weight is 691 g/mol. The van der Waals surface area contributed by atoms with Crippen molar-refractivity contribution >= 4 is 66.2 Å². The summed E-state index contributed by atoms with van der Waals surface area (Å²) in [5, 5.41) is 18.8. The molecule has 0 spiro atoms. The second-order valence-electron chi connectivity index (χ2n) is 11.1. The lowest BCUT2D eigenvalue weighted by Crippen LogP contribution is -2.32. The number of hydrogen-bond acceptors (Lipinski definition) is 12. The Morgan fingerprint density at radius 3 is 2.71 bits per heavy atom. The van der Waals surface area contributed by atoms with Gasteiger partial charge in [0.1, 0.15) is 12.1 Å². The molecule has 8 rings (SSSR count). The Morgan fingerprint density at radius 1 is 0.980 bits per heavy atom. The van der Waals surface area contributed by atoms with Gasteiger partial charge in [0.05, 0.1) is 39.0 Å². The van der Waals surface area contributed by atoms with Crippen molar-refractivity contribution in [2.75, 3.05) is 23.4 Å². The van der Waals surface area contributed by atoms with Crippen LogP contribution >= 0.6 is 22.7 Å². The number of nitrogens with one attached hydrogen (secondary N) is 1. The number of carbonyl (C=O) groups is 2. The highest BCUT2D eigenvalue weighted by atomic mass is 32.1. The van der Waals surface area contributed by atoms with Gasteiger partial charge in [-0.3, -0.25) is 10.1 Å². The highest BCUT2D eigenvalue weighted by Crippen LogP contribution is 2.36. The molecule has 4 aromatic heterocycles. The first kappa shape index (κ1) is 30.4. The number of aromatic nitrogens is 6. The number of ether oxygens (including phenoxy) is 2. The Hall–Kier alpha value is -5.93. The third kappa shape index (κ3) is 6.24. The van der Waals surface area contributed by atoms with Crippen LogP contribution in [0.4, 0.5) is 15.1 Å². The summed E-state index contributed by atoms with van der Waals surface area (Å²) in [4.78, 5) is 45.1. The predicted molar refractivity (Wildman–Crippen MR) is 185 cm³/mol. The molecule has 244 valence electrons. The molecule has 13 nitrogen and oxygen atoms in total. The number of carbonyl (C=O) groups excluding carboxylic acids is 1. The molecule has 3 aromatic carbocycles. The molecule has 0 bridgehead atoms. The van der Waals surface area contributed by atoms with E-state index in [-0.39, 0.29) is 18.4 Å². The van der Waals surface area contributed by atoms with Crippen LogP contribution in [0.25, 0.3) is 26.9 Å². The van der Waals surface area contributed by atoms with Gasteiger partial charge >= 0.3 is 6.16 Å². The Labute approximate surface area is 286 Å². The Morgan fingerprint density at radius 2 is 1.86 bits per heavy atom. The van der Waals surface area contributed by atoms with Crippen LogP contribution in [0.1, 0.15) is 26.4 Å². The first-order chi connectivity index (χ1) is 24.0. The Kier molecular flexibility index (Phi) is 8.03. The molecule has 0 aliphatic carbocycles. The lowest BCUT2D eigenvalue weighted by molar-refractivity contribution is 0.102. The fraction of sp³-hybridized carbons (Fsp3) is 0.147. The topological polar surface area (TPSA) is 157 Å². The highest BCUT2D eigenvalue weighted by Gasteiger charge is 2.26. The number of fused-ring (bicyclic) bond motifs is 3. The zero-order valence-electron chi connectivity index (χ0n) is 25.6. The van der Waals surface area contributed by atoms with Gasteiger partial charge in [-0.25, -0.2) is 24.4 Å². The van der Waals surface area contributed by atoms with Gasteiger partial charge in [-0.2, -0.15) is 10.1 Å². The molecule has 0 saturated carbocycles. The van der Waals surface area contributed by atoms with Gasteiger partial charge in [-0.05, 0) is 60.0 Å². The van der Waals surface area contributed by atoms with Gasteiger partial charge in [0.15, 0.2) is 15.9 Å². The van der Waals surface area contributed by atoms with E-state index >= 15 is 0 Å². The van der Waals surface area contributed by atoms with Crippen molar-refractivity contribution in [3.63, 3.8) is 0 Å². The van der Waals surface area contributed by atoms with Crippen molar-refractivity contribution in [1.29, 1.82) is 0 Å². The van der Waals surface area contributed by atoms with Crippen molar-refractivity contribution in [1.82, 2.24) is 29.7 Å². The van der Waals surface area contributed by atoms with Crippen LogP contribution < -0.4 is 19.7 Å². The summed E-state index contributed by atoms with van der Waals surface area (Å²) in [5.41, 5.74) is 4.91. The molecule has 1 aliphatic heterocycles. The predicted octanol–water partition coefficient (Wildman–Crippen LogP) is 6.38. The number of thiazole rings is 2. The molecule has 7 aromatic rings. The molecule has 1 amide bonds. The van der Waals surface area contributed by atoms with E-state index in [1.54, 1.807) is 17.1 Å². The van der Waals surface area contributed by atoms with Crippen molar-refractivity contribution in [2.24, 2.45) is 0 Å². The highest BCUT2D eigenvalue weighted by molar-refractivity contribution is 7.22. The van der Waals surface area contributed by atoms with Gasteiger partial charge in [0, 0.05) is 31.3 Å². The standard InChI is InChI=1S/C34H26N8O5S2/c43-30(39-32-38-26-6-1-2-7-27(26)48-32)24-5-3-4-20-12-14-41(18-25(20)24)33-40-31(47-34(44)45)28(49-33)13-15-46-23-10-8-22(9-11-23)42-29-21(17-37-42)16-35-19-36-29/h1-11,16-17,19H,12-15,18H2,(H,44,45)(H,38,39,43). The molecule has 5 heterocycles. The number of para-hydroxylation sites is 1. The van der Waals surface area contributed by atoms with Crippen LogP contribution in [0.2, 0.25) is 0 Å². The Balaban J connectivity index is 0.959. The lowest BCUT2D eigenvalue weighted by Gasteiger charge is -2.29. The van der Waals surface area contributed by atoms with Gasteiger partial charge in [0.2, 0.25) is 5.88 Å². The molecule has 0 saturated heterocycles. The van der Waals surface area contributed by atoms with Crippen LogP contribution in [0.5, 0.6) is 11.6 Å². The van der Waals surface area contributed by atoms with E-state index < -0.39 is 6.16 Å². The maximum atomic E-state index is 13.5. The average Bonchev–Trinajstić information content (AvgIpc) is 3.84. The van der Waals surface area contributed by atoms with Crippen LogP contribution in [0.15, 0.2) is 85.5 Å². The number of carboxylic acid groups (broad SMARTS) is 1. The van der Waals surface area contributed by atoms with E-state index in [0.29, 0.717) is 58.0 Å². The summed E-state index contributed by atoms with van der Waals surface area (Å²) in [6.07, 6.45) is 4.54. The Bertz CT molecular complexity index is 2300. The largest absolute Gasteiger partial charge is 0.512 e. The SMILES string of the molecule is O=C(O)Oc1nc(N2CCc3cccc(C(=O)Nc4nc5ccccc5s4)c3C2)sc1CCOc1ccc(-n2ncc3cncnc32)cc1. The van der Waals surface area contributed by atoms with E-state index in [1.165, 1.54) is 29.0 Å². The molecule has 2 N–H and O–H groups in total. The minimum Gasteiger partial charge on any atom is -0.493 e. The van der Waals surface area contributed by atoms with E-state index in [2.05, 4.69) is 30.4 Å². The van der Waals surface area contributed by atoms with Gasteiger partial charge in [-0.15, -0.1) is 0 Å².